The maximum atomic E-state index is 6.64. The number of hydrogen-bond donors (Lipinski definition) is 0. The maximum Gasteiger partial charge on any atom is 0.223 e. The summed E-state index contributed by atoms with van der Waals surface area (Å²) in [6.45, 7) is 0. The van der Waals surface area contributed by atoms with Crippen molar-refractivity contribution in [3.63, 3.8) is 0 Å². The van der Waals surface area contributed by atoms with E-state index in [1.54, 1.807) is 0 Å². The third-order valence-corrected chi connectivity index (χ3v) is 6.35. The van der Waals surface area contributed by atoms with E-state index in [1.807, 2.05) is 36.4 Å². The number of para-hydroxylation sites is 1. The highest BCUT2D eigenvalue weighted by atomic mass is 35.5. The minimum Gasteiger partial charge on any atom is -0.455 e. The molecule has 0 saturated carbocycles. The van der Waals surface area contributed by atoms with E-state index in [0.29, 0.717) is 0 Å². The van der Waals surface area contributed by atoms with Gasteiger partial charge in [0, 0.05) is 27.1 Å². The van der Waals surface area contributed by atoms with E-state index in [9.17, 15) is 0 Å². The molecule has 0 aliphatic rings. The third kappa shape index (κ3) is 2.43. The van der Waals surface area contributed by atoms with Gasteiger partial charge < -0.3 is 4.42 Å². The van der Waals surface area contributed by atoms with E-state index in [4.69, 9.17) is 16.0 Å². The summed E-state index contributed by atoms with van der Waals surface area (Å²) in [5.41, 5.74) is 4.21. The normalized spacial score (nSPS) is 11.9. The molecule has 0 radical (unpaired) electrons. The van der Waals surface area contributed by atoms with Crippen molar-refractivity contribution in [2.45, 2.75) is 0 Å². The largest absolute Gasteiger partial charge is 0.455 e. The van der Waals surface area contributed by atoms with Gasteiger partial charge in [0.2, 0.25) is 5.28 Å². The van der Waals surface area contributed by atoms with Crippen LogP contribution in [0.4, 0.5) is 0 Å². The molecule has 0 N–H and O–H groups in total. The van der Waals surface area contributed by atoms with E-state index >= 15 is 0 Å². The van der Waals surface area contributed by atoms with Crippen LogP contribution in [0.5, 0.6) is 0 Å². The number of hydrogen-bond acceptors (Lipinski definition) is 3. The first-order chi connectivity index (χ1) is 15.8. The Morgan fingerprint density at radius 2 is 1.31 bits per heavy atom. The molecular formula is C28H15ClN2O. The van der Waals surface area contributed by atoms with Gasteiger partial charge in [-0.1, -0.05) is 72.8 Å². The van der Waals surface area contributed by atoms with Crippen molar-refractivity contribution in [2.24, 2.45) is 0 Å². The van der Waals surface area contributed by atoms with Crippen LogP contribution in [0.3, 0.4) is 0 Å². The second-order valence-electron chi connectivity index (χ2n) is 7.97. The zero-order valence-electron chi connectivity index (χ0n) is 16.8. The second-order valence-corrected chi connectivity index (χ2v) is 8.31. The lowest BCUT2D eigenvalue weighted by Gasteiger charge is -2.09. The first-order valence-electron chi connectivity index (χ1n) is 10.5. The first-order valence-corrected chi connectivity index (χ1v) is 10.8. The molecule has 32 heavy (non-hydrogen) atoms. The van der Waals surface area contributed by atoms with Gasteiger partial charge in [-0.2, -0.15) is 0 Å². The Morgan fingerprint density at radius 3 is 2.19 bits per heavy atom. The lowest BCUT2D eigenvalue weighted by atomic mass is 9.96. The van der Waals surface area contributed by atoms with Crippen LogP contribution in [0.25, 0.3) is 65.6 Å². The topological polar surface area (TPSA) is 38.9 Å². The third-order valence-electron chi connectivity index (χ3n) is 6.19. The minimum atomic E-state index is 0.224. The molecule has 0 aliphatic heterocycles. The predicted molar refractivity (Wildman–Crippen MR) is 132 cm³/mol. The Labute approximate surface area is 187 Å². The van der Waals surface area contributed by atoms with Gasteiger partial charge in [0.1, 0.15) is 11.2 Å². The van der Waals surface area contributed by atoms with Crippen molar-refractivity contribution in [1.82, 2.24) is 9.97 Å². The van der Waals surface area contributed by atoms with E-state index in [2.05, 4.69) is 64.6 Å². The van der Waals surface area contributed by atoms with Crippen LogP contribution in [0.1, 0.15) is 0 Å². The van der Waals surface area contributed by atoms with Gasteiger partial charge >= 0.3 is 0 Å². The van der Waals surface area contributed by atoms with Crippen molar-refractivity contribution >= 4 is 66.0 Å². The molecule has 0 atom stereocenters. The van der Waals surface area contributed by atoms with Gasteiger partial charge in [0.05, 0.1) is 11.2 Å². The lowest BCUT2D eigenvalue weighted by Crippen LogP contribution is -1.92. The SMILES string of the molecule is Clc1nc(-c2cc3ccccc3c3c2oc2c4ccccc4ccc23)c2ccccc2n1. The zero-order valence-corrected chi connectivity index (χ0v) is 17.6. The smallest absolute Gasteiger partial charge is 0.223 e. The molecule has 0 aliphatic carbocycles. The van der Waals surface area contributed by atoms with Crippen molar-refractivity contribution in [3.05, 3.63) is 96.3 Å². The molecule has 0 amide bonds. The summed E-state index contributed by atoms with van der Waals surface area (Å²) in [7, 11) is 0. The first kappa shape index (κ1) is 17.7. The molecule has 4 heteroatoms. The van der Waals surface area contributed by atoms with Crippen molar-refractivity contribution in [3.8, 4) is 11.3 Å². The molecule has 150 valence electrons. The molecule has 3 nitrogen and oxygen atoms in total. The second kappa shape index (κ2) is 6.52. The van der Waals surface area contributed by atoms with Gasteiger partial charge in [-0.25, -0.2) is 9.97 Å². The number of halogens is 1. The minimum absolute atomic E-state index is 0.224. The highest BCUT2D eigenvalue weighted by Gasteiger charge is 2.20. The van der Waals surface area contributed by atoms with Crippen molar-refractivity contribution in [1.29, 1.82) is 0 Å². The Balaban J connectivity index is 1.74. The molecule has 2 aromatic heterocycles. The van der Waals surface area contributed by atoms with Crippen LogP contribution in [0.15, 0.2) is 95.4 Å². The number of aromatic nitrogens is 2. The van der Waals surface area contributed by atoms with E-state index in [-0.39, 0.29) is 5.28 Å². The summed E-state index contributed by atoms with van der Waals surface area (Å²) in [6, 6.07) is 31.1. The predicted octanol–water partition coefficient (Wildman–Crippen LogP) is 8.16. The van der Waals surface area contributed by atoms with Crippen molar-refractivity contribution in [2.75, 3.05) is 0 Å². The Morgan fingerprint density at radius 1 is 0.594 bits per heavy atom. The maximum absolute atomic E-state index is 6.64. The Bertz CT molecular complexity index is 1850. The van der Waals surface area contributed by atoms with Crippen molar-refractivity contribution < 1.29 is 4.42 Å². The summed E-state index contributed by atoms with van der Waals surface area (Å²) in [6.07, 6.45) is 0. The molecule has 7 rings (SSSR count). The van der Waals surface area contributed by atoms with Crippen LogP contribution in [0, 0.1) is 0 Å². The number of furan rings is 1. The number of rotatable bonds is 1. The van der Waals surface area contributed by atoms with Crippen LogP contribution >= 0.6 is 11.6 Å². The van der Waals surface area contributed by atoms with Crippen LogP contribution < -0.4 is 0 Å². The highest BCUT2D eigenvalue weighted by molar-refractivity contribution is 6.29. The molecule has 0 bridgehead atoms. The fraction of sp³-hybridized carbons (Fsp3) is 0. The lowest BCUT2D eigenvalue weighted by molar-refractivity contribution is 0.674. The van der Waals surface area contributed by atoms with Gasteiger partial charge in [-0.15, -0.1) is 0 Å². The van der Waals surface area contributed by atoms with Crippen LogP contribution in [-0.4, -0.2) is 9.97 Å². The zero-order chi connectivity index (χ0) is 21.2. The summed E-state index contributed by atoms with van der Waals surface area (Å²) >= 11 is 6.35. The Kier molecular flexibility index (Phi) is 3.61. The fourth-order valence-corrected chi connectivity index (χ4v) is 4.96. The van der Waals surface area contributed by atoms with Crippen LogP contribution in [-0.2, 0) is 0 Å². The van der Waals surface area contributed by atoms with Crippen LogP contribution in [0.2, 0.25) is 5.28 Å². The van der Waals surface area contributed by atoms with E-state index in [1.165, 1.54) is 0 Å². The standard InChI is InChI=1S/C28H15ClN2O/c29-28-30-23-12-6-5-11-20(23)25(31-28)22-15-17-8-2-3-9-18(17)24-21-14-13-16-7-1-4-10-19(16)26(21)32-27(22)24/h1-15H. The average molecular weight is 431 g/mol. The average Bonchev–Trinajstić information content (AvgIpc) is 3.23. The summed E-state index contributed by atoms with van der Waals surface area (Å²) in [5, 5.41) is 7.90. The summed E-state index contributed by atoms with van der Waals surface area (Å²) in [4.78, 5) is 9.07. The molecular weight excluding hydrogens is 416 g/mol. The highest BCUT2D eigenvalue weighted by Crippen LogP contribution is 2.43. The molecule has 7 aromatic rings. The molecule has 5 aromatic carbocycles. The molecule has 0 unspecified atom stereocenters. The number of nitrogens with zero attached hydrogens (tertiary/aromatic N) is 2. The van der Waals surface area contributed by atoms with Gasteiger partial charge in [-0.3, -0.25) is 0 Å². The summed E-state index contributed by atoms with van der Waals surface area (Å²) in [5.74, 6) is 0. The molecule has 0 spiro atoms. The van der Waals surface area contributed by atoms with Gasteiger partial charge in [0.15, 0.2) is 0 Å². The molecule has 0 fully saturated rings. The molecule has 2 heterocycles. The fourth-order valence-electron chi connectivity index (χ4n) is 4.78. The van der Waals surface area contributed by atoms with E-state index in [0.717, 1.165) is 65.6 Å². The number of benzene rings is 5. The summed E-state index contributed by atoms with van der Waals surface area (Å²) < 4.78 is 6.64. The quantitative estimate of drug-likeness (QED) is 0.246. The van der Waals surface area contributed by atoms with E-state index < -0.39 is 0 Å². The monoisotopic (exact) mass is 430 g/mol. The number of fused-ring (bicyclic) bond motifs is 8. The molecule has 0 saturated heterocycles. The van der Waals surface area contributed by atoms with Gasteiger partial charge in [-0.05, 0) is 46.0 Å². The Hall–Kier alpha value is -3.95. The van der Waals surface area contributed by atoms with Gasteiger partial charge in [0.25, 0.3) is 0 Å².